The number of benzene rings is 1. The molecule has 5 atom stereocenters. The third kappa shape index (κ3) is 1.75. The van der Waals surface area contributed by atoms with Crippen LogP contribution in [0, 0.1) is 40.3 Å². The fraction of sp³-hybridized carbons (Fsp3) is 0.650. The van der Waals surface area contributed by atoms with E-state index in [1.807, 2.05) is 6.07 Å². The predicted octanol–water partition coefficient (Wildman–Crippen LogP) is 5.19. The normalized spacial score (nSPS) is 39.5. The highest BCUT2D eigenvalue weighted by molar-refractivity contribution is 5.43. The van der Waals surface area contributed by atoms with E-state index in [1.54, 1.807) is 6.07 Å². The maximum absolute atomic E-state index is 14.5. The second kappa shape index (κ2) is 4.82. The van der Waals surface area contributed by atoms with Gasteiger partial charge in [-0.15, -0.1) is 0 Å². The molecular formula is C20H24FN. The van der Waals surface area contributed by atoms with Crippen LogP contribution in [-0.4, -0.2) is 0 Å². The van der Waals surface area contributed by atoms with Crippen molar-refractivity contribution in [2.75, 3.05) is 0 Å². The number of halogens is 1. The molecule has 2 saturated carbocycles. The molecule has 0 saturated heterocycles. The molecule has 0 spiro atoms. The summed E-state index contributed by atoms with van der Waals surface area (Å²) in [4.78, 5) is 0. The molecule has 0 radical (unpaired) electrons. The van der Waals surface area contributed by atoms with Crippen molar-refractivity contribution in [1.82, 2.24) is 0 Å². The summed E-state index contributed by atoms with van der Waals surface area (Å²) in [5.41, 5.74) is 2.78. The van der Waals surface area contributed by atoms with Crippen molar-refractivity contribution in [2.24, 2.45) is 23.2 Å². The monoisotopic (exact) mass is 297 g/mol. The van der Waals surface area contributed by atoms with Crippen molar-refractivity contribution in [2.45, 2.75) is 58.3 Å². The van der Waals surface area contributed by atoms with Gasteiger partial charge in [0, 0.05) is 0 Å². The molecule has 0 aliphatic heterocycles. The fourth-order valence-electron chi connectivity index (χ4n) is 5.97. The number of rotatable bonds is 0. The van der Waals surface area contributed by atoms with E-state index in [4.69, 9.17) is 5.26 Å². The first-order chi connectivity index (χ1) is 10.6. The van der Waals surface area contributed by atoms with E-state index in [1.165, 1.54) is 31.2 Å². The van der Waals surface area contributed by atoms with E-state index >= 15 is 0 Å². The Bertz CT molecular complexity index is 658. The minimum absolute atomic E-state index is 0.215. The number of nitrogens with zero attached hydrogens (tertiary/aromatic N) is 1. The van der Waals surface area contributed by atoms with Crippen LogP contribution < -0.4 is 0 Å². The van der Waals surface area contributed by atoms with Crippen LogP contribution in [0.4, 0.5) is 4.39 Å². The molecule has 0 amide bonds. The van der Waals surface area contributed by atoms with Crippen LogP contribution >= 0.6 is 0 Å². The summed E-state index contributed by atoms with van der Waals surface area (Å²) in [6.45, 7) is 4.93. The van der Waals surface area contributed by atoms with Gasteiger partial charge in [-0.05, 0) is 84.8 Å². The van der Waals surface area contributed by atoms with Gasteiger partial charge in [-0.25, -0.2) is 4.39 Å². The molecule has 3 aliphatic carbocycles. The van der Waals surface area contributed by atoms with Crippen LogP contribution in [0.15, 0.2) is 12.1 Å². The standard InChI is InChI=1S/C20H24FN/c1-12-3-8-18-16-6-7-17-14(5-4-13(11-22)19(17)21)15(16)9-10-20(12,18)2/h4-5,12,15-16,18H,3,6-10H2,1-2H3/t12-,15?,16?,18?,20+/m0/s1. The number of hydrogen-bond acceptors (Lipinski definition) is 1. The van der Waals surface area contributed by atoms with Gasteiger partial charge in [0.1, 0.15) is 11.9 Å². The van der Waals surface area contributed by atoms with Crippen LogP contribution in [0.3, 0.4) is 0 Å². The van der Waals surface area contributed by atoms with Crippen LogP contribution in [0.2, 0.25) is 0 Å². The third-order valence-electron chi connectivity index (χ3n) is 7.44. The summed E-state index contributed by atoms with van der Waals surface area (Å²) in [5.74, 6) is 2.65. The first kappa shape index (κ1) is 14.2. The molecule has 22 heavy (non-hydrogen) atoms. The second-order valence-electron chi connectivity index (χ2n) is 8.05. The van der Waals surface area contributed by atoms with Crippen LogP contribution in [0.5, 0.6) is 0 Å². The maximum Gasteiger partial charge on any atom is 0.144 e. The Kier molecular flexibility index (Phi) is 3.12. The van der Waals surface area contributed by atoms with Gasteiger partial charge in [0.2, 0.25) is 0 Å². The molecular weight excluding hydrogens is 273 g/mol. The Morgan fingerprint density at radius 1 is 1.23 bits per heavy atom. The molecule has 1 nitrogen and oxygen atoms in total. The smallest absolute Gasteiger partial charge is 0.144 e. The van der Waals surface area contributed by atoms with Gasteiger partial charge in [0.15, 0.2) is 0 Å². The molecule has 0 bridgehead atoms. The average molecular weight is 297 g/mol. The van der Waals surface area contributed by atoms with E-state index in [9.17, 15) is 4.39 Å². The van der Waals surface area contributed by atoms with Gasteiger partial charge >= 0.3 is 0 Å². The number of fused-ring (bicyclic) bond motifs is 5. The van der Waals surface area contributed by atoms with Crippen molar-refractivity contribution in [3.05, 3.63) is 34.6 Å². The molecule has 1 aromatic carbocycles. The quantitative estimate of drug-likeness (QED) is 0.646. The zero-order valence-electron chi connectivity index (χ0n) is 13.5. The molecule has 116 valence electrons. The first-order valence-electron chi connectivity index (χ1n) is 8.77. The Balaban J connectivity index is 1.74. The largest absolute Gasteiger partial charge is 0.205 e. The van der Waals surface area contributed by atoms with Crippen LogP contribution in [0.1, 0.15) is 68.6 Å². The zero-order chi connectivity index (χ0) is 15.5. The highest BCUT2D eigenvalue weighted by Gasteiger charge is 2.53. The van der Waals surface area contributed by atoms with Gasteiger partial charge < -0.3 is 0 Å². The van der Waals surface area contributed by atoms with Gasteiger partial charge in [-0.2, -0.15) is 5.26 Å². The fourth-order valence-corrected chi connectivity index (χ4v) is 5.97. The third-order valence-corrected chi connectivity index (χ3v) is 7.44. The molecule has 2 fully saturated rings. The lowest BCUT2D eigenvalue weighted by Gasteiger charge is -2.50. The van der Waals surface area contributed by atoms with Crippen molar-refractivity contribution in [3.8, 4) is 6.07 Å². The number of nitriles is 1. The summed E-state index contributed by atoms with van der Waals surface area (Å²) >= 11 is 0. The minimum Gasteiger partial charge on any atom is -0.205 e. The van der Waals surface area contributed by atoms with Gasteiger partial charge in [-0.1, -0.05) is 19.9 Å². The Morgan fingerprint density at radius 3 is 2.82 bits per heavy atom. The highest BCUT2D eigenvalue weighted by Crippen LogP contribution is 2.62. The molecule has 1 aromatic rings. The molecule has 0 N–H and O–H groups in total. The lowest BCUT2D eigenvalue weighted by Crippen LogP contribution is -2.41. The van der Waals surface area contributed by atoms with Gasteiger partial charge in [-0.3, -0.25) is 0 Å². The number of hydrogen-bond donors (Lipinski definition) is 0. The lowest BCUT2D eigenvalue weighted by atomic mass is 9.54. The van der Waals surface area contributed by atoms with Crippen molar-refractivity contribution < 1.29 is 4.39 Å². The zero-order valence-corrected chi connectivity index (χ0v) is 13.5. The average Bonchev–Trinajstić information content (AvgIpc) is 2.83. The van der Waals surface area contributed by atoms with Crippen molar-refractivity contribution in [3.63, 3.8) is 0 Å². The van der Waals surface area contributed by atoms with Gasteiger partial charge in [0.25, 0.3) is 0 Å². The van der Waals surface area contributed by atoms with E-state index in [2.05, 4.69) is 19.9 Å². The molecule has 3 aliphatic rings. The van der Waals surface area contributed by atoms with E-state index in [-0.39, 0.29) is 11.4 Å². The van der Waals surface area contributed by atoms with E-state index in [0.717, 1.165) is 36.2 Å². The van der Waals surface area contributed by atoms with Crippen LogP contribution in [0.25, 0.3) is 0 Å². The Hall–Kier alpha value is -1.36. The predicted molar refractivity (Wildman–Crippen MR) is 84.9 cm³/mol. The Labute approximate surface area is 132 Å². The van der Waals surface area contributed by atoms with E-state index in [0.29, 0.717) is 11.3 Å². The summed E-state index contributed by atoms with van der Waals surface area (Å²) in [6.07, 6.45) is 7.11. The summed E-state index contributed by atoms with van der Waals surface area (Å²) in [7, 11) is 0. The van der Waals surface area contributed by atoms with Crippen molar-refractivity contribution >= 4 is 0 Å². The van der Waals surface area contributed by atoms with Crippen LogP contribution in [-0.2, 0) is 6.42 Å². The van der Waals surface area contributed by atoms with Gasteiger partial charge in [0.05, 0.1) is 5.56 Å². The van der Waals surface area contributed by atoms with Crippen molar-refractivity contribution in [1.29, 1.82) is 5.26 Å². The SMILES string of the molecule is C[C@H]1CCC2C3CCc4c(ccc(C#N)c4F)C3CC[C@@]21C. The topological polar surface area (TPSA) is 23.8 Å². The lowest BCUT2D eigenvalue weighted by molar-refractivity contribution is 0.0333. The summed E-state index contributed by atoms with van der Waals surface area (Å²) in [5, 5.41) is 9.05. The molecule has 0 aromatic heterocycles. The second-order valence-corrected chi connectivity index (χ2v) is 8.05. The minimum atomic E-state index is -0.244. The highest BCUT2D eigenvalue weighted by atomic mass is 19.1. The Morgan fingerprint density at radius 2 is 2.05 bits per heavy atom. The summed E-state index contributed by atoms with van der Waals surface area (Å²) < 4.78 is 14.5. The molecule has 0 heterocycles. The maximum atomic E-state index is 14.5. The molecule has 2 heteroatoms. The first-order valence-corrected chi connectivity index (χ1v) is 8.77. The summed E-state index contributed by atoms with van der Waals surface area (Å²) in [6, 6.07) is 5.74. The molecule has 4 rings (SSSR count). The van der Waals surface area contributed by atoms with E-state index < -0.39 is 0 Å². The molecule has 3 unspecified atom stereocenters.